The van der Waals surface area contributed by atoms with Gasteiger partial charge in [-0.2, -0.15) is 0 Å². The van der Waals surface area contributed by atoms with Crippen LogP contribution in [0.2, 0.25) is 0 Å². The molecule has 0 N–H and O–H groups in total. The zero-order valence-electron chi connectivity index (χ0n) is 12.6. The predicted molar refractivity (Wildman–Crippen MR) is 88.4 cm³/mol. The molecule has 2 aromatic heterocycles. The van der Waals surface area contributed by atoms with Crippen LogP contribution >= 0.6 is 11.3 Å². The third kappa shape index (κ3) is 3.40. The molecule has 7 heteroatoms. The summed E-state index contributed by atoms with van der Waals surface area (Å²) >= 11 is 1.45. The highest BCUT2D eigenvalue weighted by atomic mass is 32.1. The van der Waals surface area contributed by atoms with E-state index in [1.807, 2.05) is 24.4 Å². The molecule has 0 saturated carbocycles. The number of aromatic nitrogens is 1. The third-order valence-corrected chi connectivity index (χ3v) is 4.00. The maximum Gasteiger partial charge on any atom is 0.336 e. The van der Waals surface area contributed by atoms with E-state index in [9.17, 15) is 4.79 Å². The smallest absolute Gasteiger partial charge is 0.336 e. The number of hydrogen-bond acceptors (Lipinski definition) is 7. The fourth-order valence-corrected chi connectivity index (χ4v) is 2.75. The van der Waals surface area contributed by atoms with E-state index >= 15 is 0 Å². The largest absolute Gasteiger partial charge is 0.487 e. The summed E-state index contributed by atoms with van der Waals surface area (Å²) in [4.78, 5) is 20.5. The van der Waals surface area contributed by atoms with E-state index in [-0.39, 0.29) is 12.2 Å². The molecule has 0 atom stereocenters. The normalized spacial score (nSPS) is 11.7. The van der Waals surface area contributed by atoms with Gasteiger partial charge in [0.2, 0.25) is 0 Å². The minimum absolute atomic E-state index is 0.197. The number of rotatable bonds is 5. The first-order valence-corrected chi connectivity index (χ1v) is 7.72. The second-order valence-corrected chi connectivity index (χ2v) is 5.65. The van der Waals surface area contributed by atoms with Gasteiger partial charge in [0.05, 0.1) is 0 Å². The Bertz CT molecular complexity index is 900. The van der Waals surface area contributed by atoms with Crippen LogP contribution in [0.25, 0.3) is 11.0 Å². The van der Waals surface area contributed by atoms with Crippen LogP contribution in [-0.4, -0.2) is 24.4 Å². The average molecular weight is 330 g/mol. The molecule has 0 saturated heterocycles. The molecule has 0 spiro atoms. The first kappa shape index (κ1) is 15.2. The summed E-state index contributed by atoms with van der Waals surface area (Å²) in [5, 5.41) is 7.40. The molecule has 0 unspecified atom stereocenters. The van der Waals surface area contributed by atoms with Crippen LogP contribution in [0.5, 0.6) is 5.75 Å². The number of hydrogen-bond donors (Lipinski definition) is 0. The second kappa shape index (κ2) is 6.62. The first-order valence-electron chi connectivity index (χ1n) is 6.84. The maximum atomic E-state index is 11.5. The van der Waals surface area contributed by atoms with Gasteiger partial charge < -0.3 is 14.0 Å². The van der Waals surface area contributed by atoms with Gasteiger partial charge in [0.25, 0.3) is 0 Å². The van der Waals surface area contributed by atoms with Crippen LogP contribution in [0, 0.1) is 6.92 Å². The zero-order valence-corrected chi connectivity index (χ0v) is 13.4. The van der Waals surface area contributed by atoms with Gasteiger partial charge in [0, 0.05) is 29.1 Å². The first-order chi connectivity index (χ1) is 11.2. The van der Waals surface area contributed by atoms with Crippen LogP contribution < -0.4 is 10.4 Å². The number of thiazole rings is 1. The van der Waals surface area contributed by atoms with Crippen molar-refractivity contribution in [2.75, 3.05) is 13.7 Å². The Hall–Kier alpha value is -2.67. The van der Waals surface area contributed by atoms with Crippen molar-refractivity contribution < 1.29 is 14.0 Å². The summed E-state index contributed by atoms with van der Waals surface area (Å²) in [6.45, 7) is 2.06. The number of ether oxygens (including phenoxy) is 1. The molecule has 0 fully saturated rings. The molecule has 1 aromatic carbocycles. The van der Waals surface area contributed by atoms with Crippen LogP contribution in [0.15, 0.2) is 50.2 Å². The van der Waals surface area contributed by atoms with Gasteiger partial charge >= 0.3 is 5.63 Å². The number of oxime groups is 1. The Balaban J connectivity index is 1.84. The molecule has 6 nitrogen and oxygen atoms in total. The van der Waals surface area contributed by atoms with Crippen molar-refractivity contribution in [3.05, 3.63) is 56.8 Å². The van der Waals surface area contributed by atoms with Gasteiger partial charge in [0.15, 0.2) is 5.71 Å². The molecule has 2 heterocycles. The Morgan fingerprint density at radius 3 is 3.00 bits per heavy atom. The molecule has 3 aromatic rings. The summed E-state index contributed by atoms with van der Waals surface area (Å²) in [7, 11) is 1.47. The lowest BCUT2D eigenvalue weighted by atomic mass is 10.1. The fraction of sp³-hybridized carbons (Fsp3) is 0.188. The summed E-state index contributed by atoms with van der Waals surface area (Å²) in [5.41, 5.74) is 1.57. The van der Waals surface area contributed by atoms with E-state index in [0.29, 0.717) is 17.0 Å². The topological polar surface area (TPSA) is 73.9 Å². The molecule has 0 aliphatic heterocycles. The molecular formula is C16H14N2O4S. The molecule has 0 aliphatic rings. The maximum absolute atomic E-state index is 11.5. The SMILES string of the molecule is CON=C(COc1ccc2c(C)cc(=O)oc2c1)c1nccs1. The number of nitrogens with zero attached hydrogens (tertiary/aromatic N) is 2. The van der Waals surface area contributed by atoms with Crippen molar-refractivity contribution in [2.24, 2.45) is 5.16 Å². The number of fused-ring (bicyclic) bond motifs is 1. The molecule has 3 rings (SSSR count). The molecule has 0 aliphatic carbocycles. The van der Waals surface area contributed by atoms with E-state index in [0.717, 1.165) is 16.0 Å². The quantitative estimate of drug-likeness (QED) is 0.408. The molecular weight excluding hydrogens is 316 g/mol. The van der Waals surface area contributed by atoms with Crippen molar-refractivity contribution in [1.82, 2.24) is 4.98 Å². The van der Waals surface area contributed by atoms with Crippen LogP contribution in [0.1, 0.15) is 10.6 Å². The van der Waals surface area contributed by atoms with Gasteiger partial charge in [-0.3, -0.25) is 0 Å². The van der Waals surface area contributed by atoms with Gasteiger partial charge in [-0.15, -0.1) is 11.3 Å². The van der Waals surface area contributed by atoms with Gasteiger partial charge in [-0.1, -0.05) is 5.16 Å². The second-order valence-electron chi connectivity index (χ2n) is 4.75. The fourth-order valence-electron chi connectivity index (χ4n) is 2.15. The molecule has 0 bridgehead atoms. The lowest BCUT2D eigenvalue weighted by Crippen LogP contribution is -2.13. The average Bonchev–Trinajstić information content (AvgIpc) is 3.05. The molecule has 0 amide bonds. The standard InChI is InChI=1S/C16H14N2O4S/c1-10-7-15(19)22-14-8-11(3-4-12(10)14)21-9-13(18-20-2)16-17-5-6-23-16/h3-8H,9H2,1-2H3. The van der Waals surface area contributed by atoms with Crippen LogP contribution in [0.4, 0.5) is 0 Å². The summed E-state index contributed by atoms with van der Waals surface area (Å²) < 4.78 is 10.9. The van der Waals surface area contributed by atoms with E-state index in [1.54, 1.807) is 12.3 Å². The Labute approximate surface area is 136 Å². The Morgan fingerprint density at radius 1 is 1.39 bits per heavy atom. The Morgan fingerprint density at radius 2 is 2.26 bits per heavy atom. The van der Waals surface area contributed by atoms with E-state index in [1.165, 1.54) is 24.5 Å². The van der Waals surface area contributed by atoms with Gasteiger partial charge in [-0.25, -0.2) is 9.78 Å². The number of aryl methyl sites for hydroxylation is 1. The third-order valence-electron chi connectivity index (χ3n) is 3.18. The summed E-state index contributed by atoms with van der Waals surface area (Å²) in [5.74, 6) is 0.576. The van der Waals surface area contributed by atoms with E-state index in [4.69, 9.17) is 14.0 Å². The van der Waals surface area contributed by atoms with Crippen molar-refractivity contribution in [3.63, 3.8) is 0 Å². The highest BCUT2D eigenvalue weighted by Gasteiger charge is 2.10. The minimum atomic E-state index is -0.378. The van der Waals surface area contributed by atoms with Crippen LogP contribution in [0.3, 0.4) is 0 Å². The Kier molecular flexibility index (Phi) is 4.38. The minimum Gasteiger partial charge on any atom is -0.487 e. The summed E-state index contributed by atoms with van der Waals surface area (Å²) in [6.07, 6.45) is 1.69. The van der Waals surface area contributed by atoms with E-state index < -0.39 is 0 Å². The van der Waals surface area contributed by atoms with Crippen LogP contribution in [-0.2, 0) is 4.84 Å². The lowest BCUT2D eigenvalue weighted by Gasteiger charge is -2.08. The summed E-state index contributed by atoms with van der Waals surface area (Å²) in [6, 6.07) is 6.84. The molecule has 23 heavy (non-hydrogen) atoms. The van der Waals surface area contributed by atoms with Crippen molar-refractivity contribution in [3.8, 4) is 5.75 Å². The zero-order chi connectivity index (χ0) is 16.2. The number of benzene rings is 1. The molecule has 0 radical (unpaired) electrons. The van der Waals surface area contributed by atoms with Gasteiger partial charge in [0.1, 0.15) is 30.1 Å². The van der Waals surface area contributed by atoms with Gasteiger partial charge in [-0.05, 0) is 24.6 Å². The monoisotopic (exact) mass is 330 g/mol. The van der Waals surface area contributed by atoms with Crippen molar-refractivity contribution in [1.29, 1.82) is 0 Å². The van der Waals surface area contributed by atoms with Crippen molar-refractivity contribution >= 4 is 28.0 Å². The highest BCUT2D eigenvalue weighted by molar-refractivity contribution is 7.11. The van der Waals surface area contributed by atoms with E-state index in [2.05, 4.69) is 10.1 Å². The highest BCUT2D eigenvalue weighted by Crippen LogP contribution is 2.22. The predicted octanol–water partition coefficient (Wildman–Crippen LogP) is 2.99. The lowest BCUT2D eigenvalue weighted by molar-refractivity contribution is 0.210. The molecule has 118 valence electrons. The van der Waals surface area contributed by atoms with Crippen molar-refractivity contribution in [2.45, 2.75) is 6.92 Å².